The molecule has 4 rings (SSSR count). The third kappa shape index (κ3) is 2.97. The van der Waals surface area contributed by atoms with Crippen LogP contribution in [0.5, 0.6) is 0 Å². The van der Waals surface area contributed by atoms with Crippen LogP contribution in [0.2, 0.25) is 0 Å². The number of anilines is 1. The number of aromatic amines is 1. The van der Waals surface area contributed by atoms with Gasteiger partial charge >= 0.3 is 0 Å². The van der Waals surface area contributed by atoms with Crippen LogP contribution in [0.25, 0.3) is 0 Å². The average molecular weight is 403 g/mol. The van der Waals surface area contributed by atoms with Crippen molar-refractivity contribution in [1.82, 2.24) is 14.9 Å². The summed E-state index contributed by atoms with van der Waals surface area (Å²) in [7, 11) is 0. The number of amides is 2. The summed E-state index contributed by atoms with van der Waals surface area (Å²) in [5.41, 5.74) is 1.34. The SMILES string of the molecule is O=C(CN1CC2(CC2)c2cc(Br)ccc2C1=O)Nc1nccc(=O)[nH]1. The molecule has 0 unspecified atom stereocenters. The zero-order valence-corrected chi connectivity index (χ0v) is 14.8. The second kappa shape index (κ2) is 5.80. The Morgan fingerprint density at radius 2 is 2.12 bits per heavy atom. The number of benzene rings is 1. The fraction of sp³-hybridized carbons (Fsp3) is 0.294. The topological polar surface area (TPSA) is 95.2 Å². The summed E-state index contributed by atoms with van der Waals surface area (Å²) in [4.78, 5) is 44.1. The van der Waals surface area contributed by atoms with E-state index >= 15 is 0 Å². The number of halogens is 1. The summed E-state index contributed by atoms with van der Waals surface area (Å²) >= 11 is 3.46. The molecule has 2 heterocycles. The lowest BCUT2D eigenvalue weighted by Gasteiger charge is -2.34. The van der Waals surface area contributed by atoms with Gasteiger partial charge in [0.05, 0.1) is 0 Å². The fourth-order valence-corrected chi connectivity index (χ4v) is 3.68. The Kier molecular flexibility index (Phi) is 3.72. The number of nitrogens with zero attached hydrogens (tertiary/aromatic N) is 2. The van der Waals surface area contributed by atoms with Crippen LogP contribution in [-0.4, -0.2) is 39.8 Å². The van der Waals surface area contributed by atoms with Gasteiger partial charge in [0.2, 0.25) is 11.9 Å². The maximum Gasteiger partial charge on any atom is 0.254 e. The lowest BCUT2D eigenvalue weighted by molar-refractivity contribution is -0.117. The molecule has 128 valence electrons. The molecular weight excluding hydrogens is 388 g/mol. The second-order valence-electron chi connectivity index (χ2n) is 6.46. The molecule has 0 saturated heterocycles. The van der Waals surface area contributed by atoms with Gasteiger partial charge in [-0.25, -0.2) is 4.98 Å². The van der Waals surface area contributed by atoms with Crippen LogP contribution in [0.15, 0.2) is 39.7 Å². The van der Waals surface area contributed by atoms with E-state index in [9.17, 15) is 14.4 Å². The van der Waals surface area contributed by atoms with Crippen molar-refractivity contribution >= 4 is 33.7 Å². The number of fused-ring (bicyclic) bond motifs is 2. The first kappa shape index (κ1) is 16.0. The molecular formula is C17H15BrN4O3. The molecule has 2 aromatic rings. The summed E-state index contributed by atoms with van der Waals surface area (Å²) < 4.78 is 0.954. The Hall–Kier alpha value is -2.48. The van der Waals surface area contributed by atoms with E-state index in [4.69, 9.17) is 0 Å². The second-order valence-corrected chi connectivity index (χ2v) is 7.38. The molecule has 8 heteroatoms. The first-order chi connectivity index (χ1) is 12.0. The molecule has 1 fully saturated rings. The molecule has 0 radical (unpaired) electrons. The van der Waals surface area contributed by atoms with Crippen molar-refractivity contribution in [3.05, 3.63) is 56.4 Å². The smallest absolute Gasteiger partial charge is 0.254 e. The fourth-order valence-electron chi connectivity index (χ4n) is 3.32. The Morgan fingerprint density at radius 3 is 2.84 bits per heavy atom. The van der Waals surface area contributed by atoms with E-state index in [1.807, 2.05) is 18.2 Å². The summed E-state index contributed by atoms with van der Waals surface area (Å²) in [6.07, 6.45) is 3.33. The molecule has 0 bridgehead atoms. The normalized spacial score (nSPS) is 17.3. The summed E-state index contributed by atoms with van der Waals surface area (Å²) in [5.74, 6) is -0.462. The van der Waals surface area contributed by atoms with Crippen molar-refractivity contribution in [3.63, 3.8) is 0 Å². The van der Waals surface area contributed by atoms with Crippen LogP contribution in [0.3, 0.4) is 0 Å². The highest BCUT2D eigenvalue weighted by molar-refractivity contribution is 9.10. The number of nitrogens with one attached hydrogen (secondary N) is 2. The maximum absolute atomic E-state index is 12.7. The predicted molar refractivity (Wildman–Crippen MR) is 94.4 cm³/mol. The molecule has 2 aliphatic rings. The predicted octanol–water partition coefficient (Wildman–Crippen LogP) is 1.66. The van der Waals surface area contributed by atoms with Crippen molar-refractivity contribution < 1.29 is 9.59 Å². The van der Waals surface area contributed by atoms with Gasteiger partial charge in [-0.1, -0.05) is 15.9 Å². The molecule has 1 aliphatic heterocycles. The minimum atomic E-state index is -0.390. The number of aromatic nitrogens is 2. The number of hydrogen-bond donors (Lipinski definition) is 2. The van der Waals surface area contributed by atoms with Crippen molar-refractivity contribution in [2.75, 3.05) is 18.4 Å². The molecule has 1 saturated carbocycles. The zero-order chi connectivity index (χ0) is 17.6. The molecule has 25 heavy (non-hydrogen) atoms. The number of hydrogen-bond acceptors (Lipinski definition) is 4. The van der Waals surface area contributed by atoms with Gasteiger partial charge in [-0.05, 0) is 36.6 Å². The van der Waals surface area contributed by atoms with E-state index < -0.39 is 0 Å². The quantitative estimate of drug-likeness (QED) is 0.815. The van der Waals surface area contributed by atoms with Crippen LogP contribution in [0, 0.1) is 0 Å². The standard InChI is InChI=1S/C17H15BrN4O3/c18-10-1-2-11-12(7-10)17(4-5-17)9-22(15(11)25)8-14(24)21-16-19-6-3-13(23)20-16/h1-3,6-7H,4-5,8-9H2,(H2,19,20,21,23,24). The van der Waals surface area contributed by atoms with Crippen LogP contribution in [0.1, 0.15) is 28.8 Å². The Bertz CT molecular complexity index is 935. The van der Waals surface area contributed by atoms with Crippen LogP contribution >= 0.6 is 15.9 Å². The van der Waals surface area contributed by atoms with Crippen molar-refractivity contribution in [2.24, 2.45) is 0 Å². The monoisotopic (exact) mass is 402 g/mol. The maximum atomic E-state index is 12.7. The van der Waals surface area contributed by atoms with Crippen LogP contribution < -0.4 is 10.9 Å². The van der Waals surface area contributed by atoms with Crippen molar-refractivity contribution in [3.8, 4) is 0 Å². The largest absolute Gasteiger partial charge is 0.328 e. The molecule has 0 atom stereocenters. The van der Waals surface area contributed by atoms with Gasteiger partial charge in [0.1, 0.15) is 6.54 Å². The van der Waals surface area contributed by atoms with E-state index in [2.05, 4.69) is 31.2 Å². The first-order valence-corrected chi connectivity index (χ1v) is 8.71. The Balaban J connectivity index is 1.54. The highest BCUT2D eigenvalue weighted by Gasteiger charge is 2.51. The van der Waals surface area contributed by atoms with Crippen molar-refractivity contribution in [1.29, 1.82) is 0 Å². The van der Waals surface area contributed by atoms with Gasteiger partial charge in [0.25, 0.3) is 11.5 Å². The van der Waals surface area contributed by atoms with Gasteiger partial charge in [-0.3, -0.25) is 24.7 Å². The van der Waals surface area contributed by atoms with E-state index in [-0.39, 0.29) is 35.3 Å². The van der Waals surface area contributed by atoms with E-state index in [1.165, 1.54) is 12.3 Å². The van der Waals surface area contributed by atoms with Crippen molar-refractivity contribution in [2.45, 2.75) is 18.3 Å². The molecule has 2 N–H and O–H groups in total. The minimum Gasteiger partial charge on any atom is -0.328 e. The van der Waals surface area contributed by atoms with Gasteiger partial charge in [-0.2, -0.15) is 0 Å². The van der Waals surface area contributed by atoms with E-state index in [0.717, 1.165) is 22.9 Å². The third-order valence-electron chi connectivity index (χ3n) is 4.68. The molecule has 1 spiro atoms. The highest BCUT2D eigenvalue weighted by atomic mass is 79.9. The summed E-state index contributed by atoms with van der Waals surface area (Å²) in [5, 5.41) is 2.52. The highest BCUT2D eigenvalue weighted by Crippen LogP contribution is 2.52. The molecule has 1 aromatic carbocycles. The molecule has 7 nitrogen and oxygen atoms in total. The number of carbonyl (C=O) groups excluding carboxylic acids is 2. The van der Waals surface area contributed by atoms with Crippen LogP contribution in [-0.2, 0) is 10.2 Å². The van der Waals surface area contributed by atoms with Gasteiger partial charge in [0.15, 0.2) is 0 Å². The lowest BCUT2D eigenvalue weighted by Crippen LogP contribution is -2.46. The average Bonchev–Trinajstić information content (AvgIpc) is 3.33. The van der Waals surface area contributed by atoms with Crippen LogP contribution in [0.4, 0.5) is 5.95 Å². The van der Waals surface area contributed by atoms with Gasteiger partial charge in [0, 0.05) is 34.3 Å². The Morgan fingerprint density at radius 1 is 1.32 bits per heavy atom. The minimum absolute atomic E-state index is 0.0351. The number of H-pyrrole nitrogens is 1. The Labute approximate surface area is 151 Å². The van der Waals surface area contributed by atoms with Gasteiger partial charge in [-0.15, -0.1) is 0 Å². The van der Waals surface area contributed by atoms with E-state index in [0.29, 0.717) is 12.1 Å². The summed E-state index contributed by atoms with van der Waals surface area (Å²) in [6.45, 7) is 0.455. The molecule has 1 aliphatic carbocycles. The number of carbonyl (C=O) groups is 2. The third-order valence-corrected chi connectivity index (χ3v) is 5.17. The molecule has 2 amide bonds. The first-order valence-electron chi connectivity index (χ1n) is 7.91. The lowest BCUT2D eigenvalue weighted by atomic mass is 9.86. The summed E-state index contributed by atoms with van der Waals surface area (Å²) in [6, 6.07) is 6.92. The van der Waals surface area contributed by atoms with Gasteiger partial charge < -0.3 is 4.90 Å². The number of rotatable bonds is 3. The molecule has 1 aromatic heterocycles. The van der Waals surface area contributed by atoms with E-state index in [1.54, 1.807) is 4.90 Å². The zero-order valence-electron chi connectivity index (χ0n) is 13.2.